The van der Waals surface area contributed by atoms with Crippen molar-refractivity contribution in [3.8, 4) is 0 Å². The maximum Gasteiger partial charge on any atom is 0.303 e. The summed E-state index contributed by atoms with van der Waals surface area (Å²) in [5.41, 5.74) is 0. The Morgan fingerprint density at radius 2 is 1.47 bits per heavy atom. The van der Waals surface area contributed by atoms with Crippen molar-refractivity contribution in [2.45, 2.75) is 71.1 Å². The van der Waals surface area contributed by atoms with Gasteiger partial charge in [0.1, 0.15) is 0 Å². The van der Waals surface area contributed by atoms with Crippen LogP contribution in [0.4, 0.5) is 0 Å². The lowest BCUT2D eigenvalue weighted by Crippen LogP contribution is -1.93. The zero-order valence-corrected chi connectivity index (χ0v) is 11.5. The first-order valence-corrected chi connectivity index (χ1v) is 5.99. The van der Waals surface area contributed by atoms with Gasteiger partial charge in [-0.25, -0.2) is 0 Å². The molecule has 92 valence electrons. The molecule has 0 aromatic carbocycles. The molecule has 0 bridgehead atoms. The molecule has 0 aromatic rings. The van der Waals surface area contributed by atoms with Crippen LogP contribution >= 0.6 is 9.90 Å². The third-order valence-electron chi connectivity index (χ3n) is 2.49. The minimum atomic E-state index is -0.670. The molecule has 0 aromatic heterocycles. The average Bonchev–Trinajstić information content (AvgIpc) is 2.00. The van der Waals surface area contributed by atoms with Crippen molar-refractivity contribution in [1.82, 2.24) is 0 Å². The molecule has 1 saturated carbocycles. The maximum atomic E-state index is 10.0. The lowest BCUT2D eigenvalue weighted by atomic mass is 10.0. The Kier molecular flexibility index (Phi) is 16.0. The molecule has 0 radical (unpaired) electrons. The maximum absolute atomic E-state index is 10.0. The Morgan fingerprint density at radius 1 is 1.00 bits per heavy atom. The summed E-state index contributed by atoms with van der Waals surface area (Å²) >= 11 is 0. The normalized spacial score (nSPS) is 12.9. The van der Waals surface area contributed by atoms with E-state index in [0.29, 0.717) is 6.42 Å². The number of carboxylic acids is 1. The van der Waals surface area contributed by atoms with Crippen LogP contribution in [-0.4, -0.2) is 11.1 Å². The molecule has 1 unspecified atom stereocenters. The molecule has 1 atom stereocenters. The number of unbranched alkanes of at least 4 members (excludes halogenated alkanes) is 4. The van der Waals surface area contributed by atoms with Crippen LogP contribution in [0.15, 0.2) is 0 Å². The Labute approximate surface area is 97.5 Å². The third kappa shape index (κ3) is 16.6. The van der Waals surface area contributed by atoms with Gasteiger partial charge in [-0.2, -0.15) is 9.90 Å². The summed E-state index contributed by atoms with van der Waals surface area (Å²) < 4.78 is 0. The highest BCUT2D eigenvalue weighted by Crippen LogP contribution is 2.15. The van der Waals surface area contributed by atoms with Crippen molar-refractivity contribution in [3.63, 3.8) is 0 Å². The second-order valence-electron chi connectivity index (χ2n) is 3.97. The average molecular weight is 234 g/mol. The van der Waals surface area contributed by atoms with E-state index in [9.17, 15) is 4.79 Å². The van der Waals surface area contributed by atoms with E-state index < -0.39 is 5.97 Å². The molecule has 0 spiro atoms. The van der Waals surface area contributed by atoms with Crippen LogP contribution in [0.2, 0.25) is 0 Å². The summed E-state index contributed by atoms with van der Waals surface area (Å²) in [7, 11) is 0. The summed E-state index contributed by atoms with van der Waals surface area (Å²) in [6, 6.07) is 0. The monoisotopic (exact) mass is 234 g/mol. The van der Waals surface area contributed by atoms with E-state index in [1.807, 2.05) is 0 Å². The zero-order chi connectivity index (χ0) is 10.6. The van der Waals surface area contributed by atoms with Gasteiger partial charge in [-0.3, -0.25) is 4.79 Å². The summed E-state index contributed by atoms with van der Waals surface area (Å²) in [5, 5.41) is 8.27. The predicted octanol–water partition coefficient (Wildman–Crippen LogP) is 4.05. The number of carboxylic acid groups (broad SMARTS) is 1. The SMILES string of the molecule is C1CCC1.CCCCCCCC(=O)O.P. The number of aliphatic carboxylic acids is 1. The fourth-order valence-corrected chi connectivity index (χ4v) is 1.13. The first-order chi connectivity index (χ1) is 6.77. The number of hydrogen-bond acceptors (Lipinski definition) is 1. The van der Waals surface area contributed by atoms with Gasteiger partial charge in [0, 0.05) is 6.42 Å². The Balaban J connectivity index is 0. The van der Waals surface area contributed by atoms with Crippen molar-refractivity contribution in [3.05, 3.63) is 0 Å². The number of hydrogen-bond donors (Lipinski definition) is 1. The molecule has 1 aliphatic carbocycles. The molecule has 0 aliphatic heterocycles. The lowest BCUT2D eigenvalue weighted by molar-refractivity contribution is -0.137. The summed E-state index contributed by atoms with van der Waals surface area (Å²) in [6.07, 6.45) is 11.9. The van der Waals surface area contributed by atoms with E-state index in [1.54, 1.807) is 0 Å². The smallest absolute Gasteiger partial charge is 0.303 e. The Bertz CT molecular complexity index is 130. The highest BCUT2D eigenvalue weighted by molar-refractivity contribution is 6.92. The van der Waals surface area contributed by atoms with Crippen LogP contribution in [0, 0.1) is 0 Å². The molecular formula is C12H27O2P. The van der Waals surface area contributed by atoms with E-state index in [4.69, 9.17) is 5.11 Å². The Hall–Kier alpha value is -0.100. The van der Waals surface area contributed by atoms with E-state index in [1.165, 1.54) is 44.9 Å². The fourth-order valence-electron chi connectivity index (χ4n) is 1.13. The topological polar surface area (TPSA) is 37.3 Å². The molecule has 15 heavy (non-hydrogen) atoms. The van der Waals surface area contributed by atoms with Gasteiger partial charge in [0.15, 0.2) is 0 Å². The first kappa shape index (κ1) is 17.3. The van der Waals surface area contributed by atoms with Crippen LogP contribution in [-0.2, 0) is 4.79 Å². The van der Waals surface area contributed by atoms with E-state index in [2.05, 4.69) is 6.92 Å². The molecule has 2 nitrogen and oxygen atoms in total. The van der Waals surface area contributed by atoms with Crippen LogP contribution in [0.3, 0.4) is 0 Å². The van der Waals surface area contributed by atoms with Gasteiger partial charge in [-0.05, 0) is 6.42 Å². The minimum absolute atomic E-state index is 0. The molecular weight excluding hydrogens is 207 g/mol. The Morgan fingerprint density at radius 3 is 1.80 bits per heavy atom. The molecule has 0 amide bonds. The van der Waals surface area contributed by atoms with Crippen molar-refractivity contribution in [1.29, 1.82) is 0 Å². The molecule has 1 aliphatic rings. The number of rotatable bonds is 6. The first-order valence-electron chi connectivity index (χ1n) is 5.99. The van der Waals surface area contributed by atoms with E-state index in [-0.39, 0.29) is 9.90 Å². The van der Waals surface area contributed by atoms with Crippen LogP contribution in [0.25, 0.3) is 0 Å². The predicted molar refractivity (Wildman–Crippen MR) is 70.6 cm³/mol. The molecule has 1 N–H and O–H groups in total. The van der Waals surface area contributed by atoms with Gasteiger partial charge in [0.2, 0.25) is 0 Å². The van der Waals surface area contributed by atoms with Crippen molar-refractivity contribution >= 4 is 15.9 Å². The number of carbonyl (C=O) groups is 1. The zero-order valence-electron chi connectivity index (χ0n) is 10.1. The summed E-state index contributed by atoms with van der Waals surface area (Å²) in [4.78, 5) is 10.0. The highest BCUT2D eigenvalue weighted by Gasteiger charge is 1.95. The summed E-state index contributed by atoms with van der Waals surface area (Å²) in [5.74, 6) is -0.670. The quantitative estimate of drug-likeness (QED) is 0.556. The van der Waals surface area contributed by atoms with Crippen molar-refractivity contribution in [2.24, 2.45) is 0 Å². The van der Waals surface area contributed by atoms with Crippen LogP contribution in [0.1, 0.15) is 71.1 Å². The minimum Gasteiger partial charge on any atom is -0.481 e. The molecule has 3 heteroatoms. The van der Waals surface area contributed by atoms with Crippen LogP contribution < -0.4 is 0 Å². The van der Waals surface area contributed by atoms with Crippen LogP contribution in [0.5, 0.6) is 0 Å². The van der Waals surface area contributed by atoms with Gasteiger partial charge >= 0.3 is 5.97 Å². The fraction of sp³-hybridized carbons (Fsp3) is 0.917. The second kappa shape index (κ2) is 13.9. The van der Waals surface area contributed by atoms with Gasteiger partial charge < -0.3 is 5.11 Å². The molecule has 1 rings (SSSR count). The second-order valence-corrected chi connectivity index (χ2v) is 3.97. The van der Waals surface area contributed by atoms with E-state index in [0.717, 1.165) is 12.8 Å². The molecule has 0 saturated heterocycles. The van der Waals surface area contributed by atoms with Crippen molar-refractivity contribution in [2.75, 3.05) is 0 Å². The summed E-state index contributed by atoms with van der Waals surface area (Å²) in [6.45, 7) is 2.15. The van der Waals surface area contributed by atoms with Crippen molar-refractivity contribution < 1.29 is 9.90 Å². The highest BCUT2D eigenvalue weighted by atomic mass is 31.0. The molecule has 0 heterocycles. The lowest BCUT2D eigenvalue weighted by Gasteiger charge is -2.05. The largest absolute Gasteiger partial charge is 0.481 e. The third-order valence-corrected chi connectivity index (χ3v) is 2.49. The standard InChI is InChI=1S/C8H16O2.C4H8.H3P/c1-2-3-4-5-6-7-8(9)10;1-2-4-3-1;/h2-7H2,1H3,(H,9,10);1-4H2;1H3. The van der Waals surface area contributed by atoms with E-state index >= 15 is 0 Å². The van der Waals surface area contributed by atoms with Gasteiger partial charge in [-0.1, -0.05) is 58.3 Å². The van der Waals surface area contributed by atoms with Gasteiger partial charge in [0.25, 0.3) is 0 Å². The molecule has 1 fully saturated rings. The van der Waals surface area contributed by atoms with Gasteiger partial charge in [0.05, 0.1) is 0 Å². The van der Waals surface area contributed by atoms with Gasteiger partial charge in [-0.15, -0.1) is 0 Å².